The van der Waals surface area contributed by atoms with Crippen LogP contribution in [-0.4, -0.2) is 29.0 Å². The van der Waals surface area contributed by atoms with E-state index in [0.717, 1.165) is 12.8 Å². The zero-order chi connectivity index (χ0) is 12.3. The molecule has 92 valence electrons. The van der Waals surface area contributed by atoms with Gasteiger partial charge in [0.25, 0.3) is 0 Å². The van der Waals surface area contributed by atoms with E-state index in [1.807, 2.05) is 0 Å². The predicted molar refractivity (Wildman–Crippen MR) is 68.7 cm³/mol. The fourth-order valence-electron chi connectivity index (χ4n) is 1.33. The molecule has 1 saturated carbocycles. The van der Waals surface area contributed by atoms with Crippen molar-refractivity contribution in [3.8, 4) is 5.88 Å². The molecule has 6 heteroatoms. The van der Waals surface area contributed by atoms with Crippen molar-refractivity contribution in [2.24, 2.45) is 0 Å². The van der Waals surface area contributed by atoms with Crippen LogP contribution in [0, 0.1) is 0 Å². The first-order valence-electron chi connectivity index (χ1n) is 5.35. The van der Waals surface area contributed by atoms with E-state index in [1.165, 1.54) is 7.11 Å². The maximum absolute atomic E-state index is 11.6. The van der Waals surface area contributed by atoms with Gasteiger partial charge in [-0.1, -0.05) is 15.9 Å². The topological polar surface area (TPSA) is 63.2 Å². The number of carbonyl (C=O) groups is 1. The van der Waals surface area contributed by atoms with E-state index in [2.05, 4.69) is 31.5 Å². The molecule has 1 fully saturated rings. The summed E-state index contributed by atoms with van der Waals surface area (Å²) < 4.78 is 5.10. The largest absolute Gasteiger partial charge is 0.481 e. The number of carbonyl (C=O) groups excluding carboxylic acids is 1. The van der Waals surface area contributed by atoms with Gasteiger partial charge in [0.1, 0.15) is 0 Å². The molecule has 17 heavy (non-hydrogen) atoms. The van der Waals surface area contributed by atoms with Gasteiger partial charge >= 0.3 is 6.03 Å². The van der Waals surface area contributed by atoms with Crippen LogP contribution in [0.15, 0.2) is 18.3 Å². The lowest BCUT2D eigenvalue weighted by molar-refractivity contribution is 0.252. The molecular formula is C11H14BrN3O2. The van der Waals surface area contributed by atoms with Gasteiger partial charge in [-0.15, -0.1) is 0 Å². The predicted octanol–water partition coefficient (Wildman–Crippen LogP) is 2.14. The summed E-state index contributed by atoms with van der Waals surface area (Å²) in [7, 11) is 1.54. The minimum atomic E-state index is -0.219. The van der Waals surface area contributed by atoms with Gasteiger partial charge in [-0.05, 0) is 18.9 Å². The van der Waals surface area contributed by atoms with Crippen LogP contribution in [0.25, 0.3) is 0 Å². The fraction of sp³-hybridized carbons (Fsp3) is 0.455. The highest BCUT2D eigenvalue weighted by molar-refractivity contribution is 9.10. The van der Waals surface area contributed by atoms with E-state index < -0.39 is 0 Å². The summed E-state index contributed by atoms with van der Waals surface area (Å²) in [6.45, 7) is 0.640. The second kappa shape index (κ2) is 4.91. The van der Waals surface area contributed by atoms with Crippen molar-refractivity contribution >= 4 is 27.6 Å². The number of halogens is 1. The zero-order valence-electron chi connectivity index (χ0n) is 9.50. The van der Waals surface area contributed by atoms with Crippen LogP contribution < -0.4 is 15.4 Å². The number of hydrogen-bond donors (Lipinski definition) is 2. The summed E-state index contributed by atoms with van der Waals surface area (Å²) in [4.78, 5) is 15.5. The molecule has 1 aromatic heterocycles. The molecule has 1 aromatic rings. The lowest BCUT2D eigenvalue weighted by Gasteiger charge is -2.10. The minimum Gasteiger partial charge on any atom is -0.481 e. The third-order valence-electron chi connectivity index (χ3n) is 2.56. The van der Waals surface area contributed by atoms with Crippen LogP contribution in [0.1, 0.15) is 12.8 Å². The molecular weight excluding hydrogens is 286 g/mol. The monoisotopic (exact) mass is 299 g/mol. The van der Waals surface area contributed by atoms with Crippen molar-refractivity contribution in [3.63, 3.8) is 0 Å². The molecule has 0 bridgehead atoms. The molecule has 0 radical (unpaired) electrons. The van der Waals surface area contributed by atoms with Gasteiger partial charge in [-0.25, -0.2) is 9.78 Å². The fourth-order valence-corrected chi connectivity index (χ4v) is 1.66. The number of nitrogens with zero attached hydrogens (tertiary/aromatic N) is 1. The summed E-state index contributed by atoms with van der Waals surface area (Å²) in [5, 5.41) is 5.54. The molecule has 0 aliphatic heterocycles. The van der Waals surface area contributed by atoms with Crippen LogP contribution in [0.2, 0.25) is 0 Å². The lowest BCUT2D eigenvalue weighted by Crippen LogP contribution is -2.34. The second-order valence-corrected chi connectivity index (χ2v) is 5.73. The van der Waals surface area contributed by atoms with Gasteiger partial charge in [0, 0.05) is 28.8 Å². The highest BCUT2D eigenvalue weighted by atomic mass is 79.9. The zero-order valence-corrected chi connectivity index (χ0v) is 11.1. The molecule has 5 nitrogen and oxygen atoms in total. The maximum atomic E-state index is 11.6. The number of ether oxygens (including phenoxy) is 1. The van der Waals surface area contributed by atoms with Gasteiger partial charge in [0.05, 0.1) is 7.11 Å². The van der Waals surface area contributed by atoms with Gasteiger partial charge in [0.2, 0.25) is 5.88 Å². The second-order valence-electron chi connectivity index (χ2n) is 4.05. The molecule has 0 saturated heterocycles. The molecule has 2 amide bonds. The number of hydrogen-bond acceptors (Lipinski definition) is 3. The van der Waals surface area contributed by atoms with E-state index in [0.29, 0.717) is 18.1 Å². The number of urea groups is 1. The lowest BCUT2D eigenvalue weighted by atomic mass is 10.4. The molecule has 1 aliphatic carbocycles. The van der Waals surface area contributed by atoms with Gasteiger partial charge in [-0.2, -0.15) is 0 Å². The molecule has 0 atom stereocenters. The Labute approximate surface area is 108 Å². The summed E-state index contributed by atoms with van der Waals surface area (Å²) in [5.74, 6) is 0.474. The van der Waals surface area contributed by atoms with E-state index in [9.17, 15) is 4.79 Å². The van der Waals surface area contributed by atoms with E-state index in [1.54, 1.807) is 18.3 Å². The van der Waals surface area contributed by atoms with Crippen molar-refractivity contribution in [3.05, 3.63) is 18.3 Å². The smallest absolute Gasteiger partial charge is 0.319 e. The third kappa shape index (κ3) is 3.59. The first-order chi connectivity index (χ1) is 8.11. The Morgan fingerprint density at radius 2 is 2.41 bits per heavy atom. The summed E-state index contributed by atoms with van der Waals surface area (Å²) in [5.41, 5.74) is 0.661. The number of nitrogens with one attached hydrogen (secondary N) is 2. The molecule has 0 unspecified atom stereocenters. The normalized spacial score (nSPS) is 16.1. The van der Waals surface area contributed by atoms with Crippen LogP contribution >= 0.6 is 15.9 Å². The molecule has 1 aliphatic rings. The van der Waals surface area contributed by atoms with Gasteiger partial charge < -0.3 is 15.4 Å². The Morgan fingerprint density at radius 1 is 1.65 bits per heavy atom. The average molecular weight is 300 g/mol. The Hall–Kier alpha value is -1.30. The Bertz CT molecular complexity index is 421. The van der Waals surface area contributed by atoms with Crippen molar-refractivity contribution in [1.82, 2.24) is 10.3 Å². The minimum absolute atomic E-state index is 0.125. The molecule has 0 spiro atoms. The average Bonchev–Trinajstić information content (AvgIpc) is 3.06. The number of aromatic nitrogens is 1. The Morgan fingerprint density at radius 3 is 3.06 bits per heavy atom. The number of alkyl halides is 1. The summed E-state index contributed by atoms with van der Waals surface area (Å²) in [6, 6.07) is 3.16. The van der Waals surface area contributed by atoms with E-state index >= 15 is 0 Å². The Kier molecular flexibility index (Phi) is 3.51. The van der Waals surface area contributed by atoms with Crippen LogP contribution in [0.3, 0.4) is 0 Å². The van der Waals surface area contributed by atoms with E-state index in [-0.39, 0.29) is 10.4 Å². The van der Waals surface area contributed by atoms with Crippen LogP contribution in [0.4, 0.5) is 10.5 Å². The van der Waals surface area contributed by atoms with Crippen LogP contribution in [-0.2, 0) is 0 Å². The number of anilines is 1. The Balaban J connectivity index is 1.84. The quantitative estimate of drug-likeness (QED) is 0.837. The summed E-state index contributed by atoms with van der Waals surface area (Å²) >= 11 is 3.55. The summed E-state index contributed by atoms with van der Waals surface area (Å²) in [6.07, 6.45) is 3.80. The van der Waals surface area contributed by atoms with Gasteiger partial charge in [0.15, 0.2) is 0 Å². The molecule has 2 N–H and O–H groups in total. The van der Waals surface area contributed by atoms with E-state index in [4.69, 9.17) is 4.74 Å². The molecule has 2 rings (SSSR count). The number of amides is 2. The van der Waals surface area contributed by atoms with Crippen molar-refractivity contribution in [2.75, 3.05) is 19.0 Å². The van der Waals surface area contributed by atoms with Gasteiger partial charge in [-0.3, -0.25) is 0 Å². The van der Waals surface area contributed by atoms with Crippen molar-refractivity contribution < 1.29 is 9.53 Å². The van der Waals surface area contributed by atoms with Crippen molar-refractivity contribution in [1.29, 1.82) is 0 Å². The number of pyridine rings is 1. The highest BCUT2D eigenvalue weighted by Crippen LogP contribution is 2.43. The van der Waals surface area contributed by atoms with Crippen molar-refractivity contribution in [2.45, 2.75) is 17.2 Å². The first-order valence-corrected chi connectivity index (χ1v) is 6.14. The first kappa shape index (κ1) is 12.2. The highest BCUT2D eigenvalue weighted by Gasteiger charge is 2.39. The van der Waals surface area contributed by atoms with Crippen LogP contribution in [0.5, 0.6) is 5.88 Å². The molecule has 1 heterocycles. The maximum Gasteiger partial charge on any atom is 0.319 e. The molecule has 0 aromatic carbocycles. The number of methoxy groups -OCH3 is 1. The SMILES string of the molecule is COc1cc(NC(=O)NCC2(Br)CC2)ccn1. The standard InChI is InChI=1S/C11H14BrN3O2/c1-17-9-6-8(2-5-13-9)15-10(16)14-7-11(12)3-4-11/h2,5-6H,3-4,7H2,1H3,(H2,13,14,15,16). The third-order valence-corrected chi connectivity index (χ3v) is 3.63. The number of rotatable bonds is 4.